The molecule has 0 saturated carbocycles. The molecule has 4 rings (SSSR count). The number of nitrogens with one attached hydrogen (secondary N) is 1. The SMILES string of the molecule is O=c1c(Cc2ccccc2)n[nH]c(=S)n1/N=C/c1ccc2c(c1Br)OCO2. The first-order chi connectivity index (χ1) is 13.1. The maximum Gasteiger partial charge on any atom is 0.297 e. The van der Waals surface area contributed by atoms with E-state index in [2.05, 4.69) is 31.2 Å². The van der Waals surface area contributed by atoms with E-state index >= 15 is 0 Å². The Morgan fingerprint density at radius 2 is 2.07 bits per heavy atom. The van der Waals surface area contributed by atoms with Crippen LogP contribution in [-0.2, 0) is 6.42 Å². The quantitative estimate of drug-likeness (QED) is 0.493. The predicted molar refractivity (Wildman–Crippen MR) is 106 cm³/mol. The summed E-state index contributed by atoms with van der Waals surface area (Å²) < 4.78 is 12.7. The molecule has 136 valence electrons. The number of aromatic nitrogens is 3. The van der Waals surface area contributed by atoms with Crippen molar-refractivity contribution < 1.29 is 9.47 Å². The fourth-order valence-electron chi connectivity index (χ4n) is 2.61. The van der Waals surface area contributed by atoms with E-state index in [0.29, 0.717) is 28.1 Å². The molecule has 1 aliphatic heterocycles. The minimum absolute atomic E-state index is 0.116. The number of ether oxygens (including phenoxy) is 2. The van der Waals surface area contributed by atoms with E-state index in [9.17, 15) is 4.79 Å². The van der Waals surface area contributed by atoms with Crippen molar-refractivity contribution in [3.8, 4) is 11.5 Å². The minimum Gasteiger partial charge on any atom is -0.454 e. The highest BCUT2D eigenvalue weighted by Gasteiger charge is 2.18. The number of benzene rings is 2. The summed E-state index contributed by atoms with van der Waals surface area (Å²) in [6.07, 6.45) is 1.92. The third-order valence-electron chi connectivity index (χ3n) is 3.95. The van der Waals surface area contributed by atoms with Gasteiger partial charge in [-0.25, -0.2) is 0 Å². The Hall–Kier alpha value is -2.78. The van der Waals surface area contributed by atoms with Gasteiger partial charge in [-0.1, -0.05) is 30.3 Å². The van der Waals surface area contributed by atoms with Gasteiger partial charge in [-0.2, -0.15) is 14.9 Å². The first kappa shape index (κ1) is 17.6. The summed E-state index contributed by atoms with van der Waals surface area (Å²) >= 11 is 8.64. The molecule has 0 aliphatic carbocycles. The van der Waals surface area contributed by atoms with E-state index in [-0.39, 0.29) is 17.1 Å². The lowest BCUT2D eigenvalue weighted by Crippen LogP contribution is -2.25. The van der Waals surface area contributed by atoms with Gasteiger partial charge in [0, 0.05) is 12.0 Å². The van der Waals surface area contributed by atoms with Gasteiger partial charge in [0.1, 0.15) is 5.69 Å². The first-order valence-electron chi connectivity index (χ1n) is 8.00. The number of hydrogen-bond donors (Lipinski definition) is 1. The molecule has 1 N–H and O–H groups in total. The Kier molecular flexibility index (Phi) is 4.87. The molecule has 0 radical (unpaired) electrons. The van der Waals surface area contributed by atoms with Crippen molar-refractivity contribution in [2.45, 2.75) is 6.42 Å². The molecule has 1 aromatic heterocycles. The van der Waals surface area contributed by atoms with Crippen LogP contribution in [0.25, 0.3) is 0 Å². The van der Waals surface area contributed by atoms with E-state index < -0.39 is 0 Å². The summed E-state index contributed by atoms with van der Waals surface area (Å²) in [5.74, 6) is 1.26. The van der Waals surface area contributed by atoms with Crippen LogP contribution >= 0.6 is 28.1 Å². The van der Waals surface area contributed by atoms with Gasteiger partial charge in [0.25, 0.3) is 5.56 Å². The third kappa shape index (κ3) is 3.56. The van der Waals surface area contributed by atoms with Crippen LogP contribution in [0.1, 0.15) is 16.8 Å². The first-order valence-corrected chi connectivity index (χ1v) is 9.20. The molecule has 0 saturated heterocycles. The topological polar surface area (TPSA) is 81.5 Å². The lowest BCUT2D eigenvalue weighted by Gasteiger charge is -2.05. The van der Waals surface area contributed by atoms with E-state index in [4.69, 9.17) is 21.7 Å². The molecule has 3 aromatic rings. The lowest BCUT2D eigenvalue weighted by molar-refractivity contribution is 0.173. The fraction of sp³-hybridized carbons (Fsp3) is 0.111. The Balaban J connectivity index is 1.68. The standard InChI is InChI=1S/C18H13BrN4O3S/c19-15-12(6-7-14-16(15)26-10-25-14)9-20-23-17(24)13(21-22-18(23)27)8-11-4-2-1-3-5-11/h1-7,9H,8,10H2,(H,22,27)/b20-9+. The number of H-pyrrole nitrogens is 1. The molecule has 0 spiro atoms. The van der Waals surface area contributed by atoms with Crippen LogP contribution in [0.3, 0.4) is 0 Å². The smallest absolute Gasteiger partial charge is 0.297 e. The molecule has 27 heavy (non-hydrogen) atoms. The van der Waals surface area contributed by atoms with Crippen LogP contribution in [0.15, 0.2) is 56.8 Å². The van der Waals surface area contributed by atoms with Gasteiger partial charge in [-0.15, -0.1) is 0 Å². The average molecular weight is 445 g/mol. The normalized spacial score (nSPS) is 12.6. The second-order valence-electron chi connectivity index (χ2n) is 5.70. The molecular weight excluding hydrogens is 432 g/mol. The van der Waals surface area contributed by atoms with Gasteiger partial charge in [0.15, 0.2) is 11.5 Å². The van der Waals surface area contributed by atoms with Crippen LogP contribution in [0.4, 0.5) is 0 Å². The second kappa shape index (κ2) is 7.45. The summed E-state index contributed by atoms with van der Waals surface area (Å²) in [6.45, 7) is 0.173. The average Bonchev–Trinajstić information content (AvgIpc) is 3.16. The fourth-order valence-corrected chi connectivity index (χ4v) is 3.33. The zero-order chi connectivity index (χ0) is 18.8. The number of nitrogens with zero attached hydrogens (tertiary/aromatic N) is 3. The highest BCUT2D eigenvalue weighted by atomic mass is 79.9. The number of aromatic amines is 1. The van der Waals surface area contributed by atoms with Crippen molar-refractivity contribution in [1.29, 1.82) is 0 Å². The van der Waals surface area contributed by atoms with E-state index in [0.717, 1.165) is 15.8 Å². The van der Waals surface area contributed by atoms with Gasteiger partial charge in [-0.3, -0.25) is 9.89 Å². The zero-order valence-electron chi connectivity index (χ0n) is 13.9. The molecule has 2 heterocycles. The van der Waals surface area contributed by atoms with Crippen LogP contribution in [0.5, 0.6) is 11.5 Å². The molecule has 0 unspecified atom stereocenters. The van der Waals surface area contributed by atoms with Gasteiger partial charge >= 0.3 is 0 Å². The van der Waals surface area contributed by atoms with Gasteiger partial charge in [-0.05, 0) is 45.8 Å². The van der Waals surface area contributed by atoms with Crippen molar-refractivity contribution in [3.05, 3.63) is 78.9 Å². The van der Waals surface area contributed by atoms with Crippen LogP contribution in [0.2, 0.25) is 0 Å². The molecule has 0 bridgehead atoms. The minimum atomic E-state index is -0.365. The Morgan fingerprint density at radius 1 is 1.26 bits per heavy atom. The zero-order valence-corrected chi connectivity index (χ0v) is 16.3. The Morgan fingerprint density at radius 3 is 2.89 bits per heavy atom. The summed E-state index contributed by atoms with van der Waals surface area (Å²) in [5, 5.41) is 11.0. The predicted octanol–water partition coefficient (Wildman–Crippen LogP) is 3.27. The number of rotatable bonds is 4. The molecule has 2 aromatic carbocycles. The van der Waals surface area contributed by atoms with Gasteiger partial charge in [0.05, 0.1) is 10.7 Å². The van der Waals surface area contributed by atoms with E-state index in [1.54, 1.807) is 6.07 Å². The number of halogens is 1. The molecular formula is C18H13BrN4O3S. The summed E-state index contributed by atoms with van der Waals surface area (Å²) in [7, 11) is 0. The summed E-state index contributed by atoms with van der Waals surface area (Å²) in [5.41, 5.74) is 1.66. The molecule has 0 atom stereocenters. The second-order valence-corrected chi connectivity index (χ2v) is 6.88. The Bertz CT molecular complexity index is 1140. The highest BCUT2D eigenvalue weighted by Crippen LogP contribution is 2.40. The molecule has 7 nitrogen and oxygen atoms in total. The Labute approximate surface area is 167 Å². The molecule has 1 aliphatic rings. The summed E-state index contributed by atoms with van der Waals surface area (Å²) in [4.78, 5) is 12.7. The van der Waals surface area contributed by atoms with Crippen molar-refractivity contribution in [3.63, 3.8) is 0 Å². The van der Waals surface area contributed by atoms with E-state index in [1.165, 1.54) is 6.21 Å². The van der Waals surface area contributed by atoms with Gasteiger partial charge in [0.2, 0.25) is 11.6 Å². The highest BCUT2D eigenvalue weighted by molar-refractivity contribution is 9.10. The monoisotopic (exact) mass is 444 g/mol. The number of fused-ring (bicyclic) bond motifs is 1. The maximum absolute atomic E-state index is 12.7. The molecule has 9 heteroatoms. The number of hydrogen-bond acceptors (Lipinski definition) is 6. The molecule has 0 amide bonds. The van der Waals surface area contributed by atoms with Crippen LogP contribution in [-0.4, -0.2) is 27.9 Å². The van der Waals surface area contributed by atoms with Gasteiger partial charge < -0.3 is 9.47 Å². The maximum atomic E-state index is 12.7. The van der Waals surface area contributed by atoms with Crippen molar-refractivity contribution in [2.75, 3.05) is 6.79 Å². The van der Waals surface area contributed by atoms with Crippen LogP contribution < -0.4 is 15.0 Å². The molecule has 0 fully saturated rings. The largest absolute Gasteiger partial charge is 0.454 e. The van der Waals surface area contributed by atoms with Crippen molar-refractivity contribution in [2.24, 2.45) is 5.10 Å². The van der Waals surface area contributed by atoms with Crippen molar-refractivity contribution in [1.82, 2.24) is 14.9 Å². The summed E-state index contributed by atoms with van der Waals surface area (Å²) in [6, 6.07) is 13.2. The third-order valence-corrected chi connectivity index (χ3v) is 5.04. The van der Waals surface area contributed by atoms with Crippen molar-refractivity contribution >= 4 is 34.4 Å². The lowest BCUT2D eigenvalue weighted by atomic mass is 10.1. The van der Waals surface area contributed by atoms with E-state index in [1.807, 2.05) is 36.4 Å². The van der Waals surface area contributed by atoms with Crippen LogP contribution in [0, 0.1) is 4.77 Å².